The first-order valence-corrected chi connectivity index (χ1v) is 11.3. The van der Waals surface area contributed by atoms with Crippen LogP contribution in [0.5, 0.6) is 5.75 Å². The summed E-state index contributed by atoms with van der Waals surface area (Å²) in [5, 5.41) is 0.466. The number of aryl methyl sites for hydroxylation is 2. The molecule has 2 atom stereocenters. The number of aromatic amines is 1. The molecule has 0 aliphatic carbocycles. The van der Waals surface area contributed by atoms with Gasteiger partial charge in [0.2, 0.25) is 0 Å². The van der Waals surface area contributed by atoms with Crippen LogP contribution >= 0.6 is 0 Å². The predicted molar refractivity (Wildman–Crippen MR) is 123 cm³/mol. The van der Waals surface area contributed by atoms with Gasteiger partial charge in [-0.25, -0.2) is 0 Å². The number of ether oxygens (including phenoxy) is 2. The number of nitrogens with zero attached hydrogens (tertiary/aromatic N) is 2. The molecule has 3 rings (SSSR count). The van der Waals surface area contributed by atoms with Crippen molar-refractivity contribution >= 4 is 51.8 Å². The van der Waals surface area contributed by atoms with E-state index in [9.17, 15) is 4.55 Å². The maximum atomic E-state index is 12.9. The molecule has 0 aliphatic heterocycles. The van der Waals surface area contributed by atoms with Crippen molar-refractivity contribution in [2.45, 2.75) is 64.7 Å². The van der Waals surface area contributed by atoms with Gasteiger partial charge in [-0.3, -0.25) is 9.97 Å². The molecule has 0 saturated carbocycles. The summed E-state index contributed by atoms with van der Waals surface area (Å²) < 4.78 is 24.5. The summed E-state index contributed by atoms with van der Waals surface area (Å²) in [5.74, 6) is 0.971. The molecule has 158 valence electrons. The van der Waals surface area contributed by atoms with Gasteiger partial charge in [-0.15, -0.1) is 0 Å². The molecule has 0 saturated heterocycles. The van der Waals surface area contributed by atoms with Crippen LogP contribution in [0.25, 0.3) is 11.0 Å². The first kappa shape index (κ1) is 25.2. The van der Waals surface area contributed by atoms with Crippen LogP contribution in [-0.4, -0.2) is 62.0 Å². The second kappa shape index (κ2) is 11.5. The molecule has 2 aromatic heterocycles. The molecule has 0 spiro atoms. The van der Waals surface area contributed by atoms with E-state index in [0.29, 0.717) is 17.5 Å². The number of benzene rings is 1. The van der Waals surface area contributed by atoms with E-state index in [1.165, 1.54) is 11.1 Å². The molecule has 0 fully saturated rings. The van der Waals surface area contributed by atoms with Crippen LogP contribution in [-0.2, 0) is 21.7 Å². The summed E-state index contributed by atoms with van der Waals surface area (Å²) >= 11 is -1.33. The Morgan fingerprint density at radius 3 is 2.67 bits per heavy atom. The van der Waals surface area contributed by atoms with Crippen molar-refractivity contribution in [1.82, 2.24) is 15.0 Å². The monoisotopic (exact) mass is 439 g/mol. The topological polar surface area (TPSA) is 83.1 Å². The number of unbranched alkanes of at least 4 members (excludes halogenated alkanes) is 1. The van der Waals surface area contributed by atoms with Crippen LogP contribution in [0.2, 0.25) is 0 Å². The van der Waals surface area contributed by atoms with Gasteiger partial charge in [0.15, 0.2) is 12.0 Å². The Bertz CT molecular complexity index is 941. The Hall–Kier alpha value is -1.09. The molecule has 6 nitrogen and oxygen atoms in total. The Morgan fingerprint density at radius 2 is 1.93 bits per heavy atom. The number of rotatable bonds is 9. The molecule has 1 N–H and O–H groups in total. The zero-order valence-corrected chi connectivity index (χ0v) is 18.6. The average molecular weight is 440 g/mol. The molecule has 0 bridgehead atoms. The summed E-state index contributed by atoms with van der Waals surface area (Å²) in [6.45, 7) is 10.7. The van der Waals surface area contributed by atoms with Gasteiger partial charge < -0.3 is 14.0 Å². The summed E-state index contributed by atoms with van der Waals surface area (Å²) in [5.41, 5.74) is 5.67. The second-order valence-electron chi connectivity index (χ2n) is 7.28. The van der Waals surface area contributed by atoms with Gasteiger partial charge >= 0.3 is 34.7 Å². The fourth-order valence-electron chi connectivity index (χ4n) is 2.99. The molecule has 3 aromatic rings. The molecule has 0 radical (unpaired) electrons. The van der Waals surface area contributed by atoms with Crippen molar-refractivity contribution in [3.8, 4) is 5.75 Å². The van der Waals surface area contributed by atoms with E-state index in [1.54, 1.807) is 6.20 Å². The normalized spacial score (nSPS) is 13.1. The van der Waals surface area contributed by atoms with Crippen molar-refractivity contribution in [1.29, 1.82) is 0 Å². The SMILES string of the molecule is CCCCOC(C)Oc1ccnc(C[S+]([O-])c2nc3cc(C)c(C)cc3[nH]2)c1C.[NaH]. The molecule has 8 heteroatoms. The molecular weight excluding hydrogens is 409 g/mol. The number of hydrogen-bond donors (Lipinski definition) is 1. The molecule has 0 amide bonds. The van der Waals surface area contributed by atoms with Gasteiger partial charge in [0.05, 0.1) is 23.3 Å². The number of nitrogens with one attached hydrogen (secondary N) is 1. The third-order valence-corrected chi connectivity index (χ3v) is 6.12. The van der Waals surface area contributed by atoms with E-state index < -0.39 is 11.2 Å². The molecule has 2 heterocycles. The van der Waals surface area contributed by atoms with Gasteiger partial charge in [0, 0.05) is 22.9 Å². The molecule has 2 unspecified atom stereocenters. The predicted octanol–water partition coefficient (Wildman–Crippen LogP) is 4.08. The number of fused-ring (bicyclic) bond motifs is 1. The standard InChI is InChI=1S/C22H29N3O3S.Na.H/c1-6-7-10-27-17(5)28-21-8-9-23-20(16(21)4)13-29(26)22-24-18-11-14(2)15(3)12-19(18)25-22;;/h8-9,11-12,17H,6-7,10,13H2,1-5H3,(H,24,25);;. The maximum absolute atomic E-state index is 12.9. The van der Waals surface area contributed by atoms with E-state index in [-0.39, 0.29) is 41.6 Å². The Kier molecular flexibility index (Phi) is 9.66. The number of pyridine rings is 1. The van der Waals surface area contributed by atoms with Gasteiger partial charge in [0.1, 0.15) is 5.75 Å². The third kappa shape index (κ3) is 6.22. The Labute approximate surface area is 203 Å². The van der Waals surface area contributed by atoms with Crippen LogP contribution in [0.4, 0.5) is 0 Å². The number of imidazole rings is 1. The number of aromatic nitrogens is 3. The van der Waals surface area contributed by atoms with Crippen molar-refractivity contribution < 1.29 is 14.0 Å². The van der Waals surface area contributed by atoms with E-state index in [0.717, 1.165) is 35.1 Å². The molecule has 1 aromatic carbocycles. The zero-order valence-electron chi connectivity index (χ0n) is 17.7. The molecular formula is C22H30N3NaO3S. The van der Waals surface area contributed by atoms with E-state index in [2.05, 4.69) is 28.8 Å². The third-order valence-electron chi connectivity index (χ3n) is 4.96. The fourth-order valence-corrected chi connectivity index (χ4v) is 4.09. The first-order chi connectivity index (χ1) is 13.9. The van der Waals surface area contributed by atoms with Crippen molar-refractivity contribution in [2.24, 2.45) is 0 Å². The van der Waals surface area contributed by atoms with Crippen LogP contribution in [0.15, 0.2) is 29.6 Å². The quantitative estimate of drug-likeness (QED) is 0.235. The summed E-state index contributed by atoms with van der Waals surface area (Å²) in [7, 11) is 0. The van der Waals surface area contributed by atoms with Crippen LogP contribution in [0.3, 0.4) is 0 Å². The van der Waals surface area contributed by atoms with Crippen molar-refractivity contribution in [3.05, 3.63) is 46.8 Å². The number of H-pyrrole nitrogens is 1. The average Bonchev–Trinajstić information content (AvgIpc) is 3.08. The van der Waals surface area contributed by atoms with Gasteiger partial charge in [-0.1, -0.05) is 13.3 Å². The first-order valence-electron chi connectivity index (χ1n) is 9.97. The fraction of sp³-hybridized carbons (Fsp3) is 0.455. The summed E-state index contributed by atoms with van der Waals surface area (Å²) in [6.07, 6.45) is 3.42. The Morgan fingerprint density at radius 1 is 1.20 bits per heavy atom. The number of hydrogen-bond acceptors (Lipinski definition) is 5. The van der Waals surface area contributed by atoms with Crippen LogP contribution in [0, 0.1) is 20.8 Å². The van der Waals surface area contributed by atoms with Crippen LogP contribution < -0.4 is 4.74 Å². The minimum absolute atomic E-state index is 0. The van der Waals surface area contributed by atoms with Gasteiger partial charge in [-0.2, -0.15) is 4.98 Å². The van der Waals surface area contributed by atoms with Crippen molar-refractivity contribution in [3.63, 3.8) is 0 Å². The second-order valence-corrected chi connectivity index (χ2v) is 8.64. The van der Waals surface area contributed by atoms with E-state index >= 15 is 0 Å². The van der Waals surface area contributed by atoms with Crippen LogP contribution in [0.1, 0.15) is 49.1 Å². The van der Waals surface area contributed by atoms with E-state index in [4.69, 9.17) is 9.47 Å². The van der Waals surface area contributed by atoms with Crippen molar-refractivity contribution in [2.75, 3.05) is 6.61 Å². The van der Waals surface area contributed by atoms with Gasteiger partial charge in [0.25, 0.3) is 0 Å². The molecule has 30 heavy (non-hydrogen) atoms. The Balaban J connectivity index is 0.00000320. The zero-order chi connectivity index (χ0) is 21.0. The minimum atomic E-state index is -1.33. The van der Waals surface area contributed by atoms with Gasteiger partial charge in [-0.05, 0) is 63.4 Å². The summed E-state index contributed by atoms with van der Waals surface area (Å²) in [6, 6.07) is 5.87. The van der Waals surface area contributed by atoms with E-state index in [1.807, 2.05) is 39.0 Å². The molecule has 0 aliphatic rings. The summed E-state index contributed by atoms with van der Waals surface area (Å²) in [4.78, 5) is 12.1.